The molecule has 0 bridgehead atoms. The van der Waals surface area contributed by atoms with Crippen LogP contribution in [0.2, 0.25) is 0 Å². The summed E-state index contributed by atoms with van der Waals surface area (Å²) in [4.78, 5) is 3.84. The fourth-order valence-electron chi connectivity index (χ4n) is 0.554. The predicted molar refractivity (Wildman–Crippen MR) is 41.5 cm³/mol. The Morgan fingerprint density at radius 3 is 2.90 bits per heavy atom. The first-order chi connectivity index (χ1) is 4.75. The van der Waals surface area contributed by atoms with Gasteiger partial charge in [-0.1, -0.05) is 0 Å². The van der Waals surface area contributed by atoms with E-state index in [1.54, 1.807) is 0 Å². The lowest BCUT2D eigenvalue weighted by atomic mass is 10.4. The lowest BCUT2D eigenvalue weighted by molar-refractivity contribution is 0.616. The Balaban J connectivity index is 3.14. The van der Waals surface area contributed by atoms with Gasteiger partial charge in [-0.3, -0.25) is 4.98 Å². The molecule has 1 rings (SSSR count). The molecule has 4 heteroatoms. The van der Waals surface area contributed by atoms with E-state index in [1.807, 2.05) is 0 Å². The van der Waals surface area contributed by atoms with Crippen LogP contribution in [0.1, 0.15) is 5.69 Å². The molecule has 0 amide bonds. The molecule has 0 N–H and O–H groups in total. The highest BCUT2D eigenvalue weighted by Crippen LogP contribution is 2.19. The van der Waals surface area contributed by atoms with Crippen molar-refractivity contribution in [1.82, 2.24) is 4.98 Å². The Bertz CT molecular complexity index is 241. The van der Waals surface area contributed by atoms with Crippen LogP contribution in [-0.2, 0) is 5.88 Å². The van der Waals surface area contributed by atoms with Crippen LogP contribution < -0.4 is 0 Å². The molecule has 0 aliphatic heterocycles. The molecule has 1 nitrogen and oxygen atoms in total. The monoisotopic (exact) mass is 223 g/mol. The minimum absolute atomic E-state index is 0.221. The van der Waals surface area contributed by atoms with Gasteiger partial charge in [-0.25, -0.2) is 4.39 Å². The largest absolute Gasteiger partial charge is 0.259 e. The van der Waals surface area contributed by atoms with Crippen molar-refractivity contribution in [1.29, 1.82) is 0 Å². The van der Waals surface area contributed by atoms with Crippen molar-refractivity contribution in [3.63, 3.8) is 0 Å². The molecular weight excluding hydrogens is 220 g/mol. The van der Waals surface area contributed by atoms with E-state index in [-0.39, 0.29) is 11.7 Å². The van der Waals surface area contributed by atoms with Gasteiger partial charge in [0.1, 0.15) is 5.82 Å². The van der Waals surface area contributed by atoms with Gasteiger partial charge in [0.05, 0.1) is 16.0 Å². The van der Waals surface area contributed by atoms with E-state index in [2.05, 4.69) is 20.9 Å². The molecule has 0 fully saturated rings. The fraction of sp³-hybridized carbons (Fsp3) is 0.167. The van der Waals surface area contributed by atoms with Gasteiger partial charge in [-0.05, 0) is 22.0 Å². The van der Waals surface area contributed by atoms with Gasteiger partial charge in [0, 0.05) is 6.20 Å². The first-order valence-electron chi connectivity index (χ1n) is 2.60. The molecule has 0 saturated heterocycles. The van der Waals surface area contributed by atoms with E-state index in [9.17, 15) is 4.39 Å². The number of nitrogens with zero attached hydrogens (tertiary/aromatic N) is 1. The van der Waals surface area contributed by atoms with Crippen LogP contribution in [-0.4, -0.2) is 4.98 Å². The summed E-state index contributed by atoms with van der Waals surface area (Å²) >= 11 is 8.46. The maximum absolute atomic E-state index is 12.6. The Kier molecular flexibility index (Phi) is 2.63. The normalized spacial score (nSPS) is 9.90. The summed E-state index contributed by atoms with van der Waals surface area (Å²) in [6, 6.07) is 1.28. The number of hydrogen-bond acceptors (Lipinski definition) is 1. The second-order valence-electron chi connectivity index (χ2n) is 1.69. The zero-order valence-electron chi connectivity index (χ0n) is 4.94. The van der Waals surface area contributed by atoms with Crippen LogP contribution in [0, 0.1) is 5.82 Å². The summed E-state index contributed by atoms with van der Waals surface area (Å²) in [5.74, 6) is -0.108. The van der Waals surface area contributed by atoms with Crippen LogP contribution in [0.3, 0.4) is 0 Å². The third-order valence-electron chi connectivity index (χ3n) is 1.04. The fourth-order valence-corrected chi connectivity index (χ4v) is 1.29. The van der Waals surface area contributed by atoms with Crippen LogP contribution in [0.25, 0.3) is 0 Å². The zero-order chi connectivity index (χ0) is 7.56. The number of rotatable bonds is 1. The standard InChI is InChI=1S/C6H4BrClFN/c7-6-4(9)1-2-10-5(6)3-8/h1-2H,3H2. The minimum Gasteiger partial charge on any atom is -0.259 e. The Morgan fingerprint density at radius 2 is 2.40 bits per heavy atom. The quantitative estimate of drug-likeness (QED) is 0.669. The van der Waals surface area contributed by atoms with Crippen molar-refractivity contribution in [2.24, 2.45) is 0 Å². The van der Waals surface area contributed by atoms with E-state index in [0.29, 0.717) is 10.2 Å². The SMILES string of the molecule is Fc1ccnc(CCl)c1Br. The van der Waals surface area contributed by atoms with Gasteiger partial charge >= 0.3 is 0 Å². The van der Waals surface area contributed by atoms with E-state index in [0.717, 1.165) is 0 Å². The maximum Gasteiger partial charge on any atom is 0.140 e. The third kappa shape index (κ3) is 1.47. The van der Waals surface area contributed by atoms with Gasteiger partial charge in [-0.15, -0.1) is 11.6 Å². The molecule has 0 atom stereocenters. The molecule has 1 aromatic rings. The van der Waals surface area contributed by atoms with Gasteiger partial charge < -0.3 is 0 Å². The molecule has 0 aromatic carbocycles. The zero-order valence-corrected chi connectivity index (χ0v) is 7.28. The summed E-state index contributed by atoms with van der Waals surface area (Å²) in [7, 11) is 0. The minimum atomic E-state index is -0.328. The topological polar surface area (TPSA) is 12.9 Å². The highest BCUT2D eigenvalue weighted by atomic mass is 79.9. The molecule has 54 valence electrons. The van der Waals surface area contributed by atoms with Gasteiger partial charge in [0.15, 0.2) is 0 Å². The van der Waals surface area contributed by atoms with E-state index >= 15 is 0 Å². The molecule has 0 spiro atoms. The van der Waals surface area contributed by atoms with Crippen LogP contribution >= 0.6 is 27.5 Å². The smallest absolute Gasteiger partial charge is 0.140 e. The molecule has 10 heavy (non-hydrogen) atoms. The lowest BCUT2D eigenvalue weighted by Crippen LogP contribution is -1.88. The average Bonchev–Trinajstić information content (AvgIpc) is 1.95. The van der Waals surface area contributed by atoms with Gasteiger partial charge in [-0.2, -0.15) is 0 Å². The first-order valence-corrected chi connectivity index (χ1v) is 3.93. The van der Waals surface area contributed by atoms with E-state index < -0.39 is 0 Å². The number of aromatic nitrogens is 1. The predicted octanol–water partition coefficient (Wildman–Crippen LogP) is 2.72. The Labute approximate surface area is 71.4 Å². The lowest BCUT2D eigenvalue weighted by Gasteiger charge is -1.97. The molecule has 0 aliphatic carbocycles. The van der Waals surface area contributed by atoms with Crippen molar-refractivity contribution in [2.45, 2.75) is 5.88 Å². The molecule has 0 aliphatic rings. The summed E-state index contributed by atoms with van der Waals surface area (Å²) in [6.07, 6.45) is 1.39. The van der Waals surface area contributed by atoms with Crippen LogP contribution in [0.15, 0.2) is 16.7 Å². The summed E-state index contributed by atoms with van der Waals surface area (Å²) in [5, 5.41) is 0. The second kappa shape index (κ2) is 3.30. The molecule has 0 unspecified atom stereocenters. The van der Waals surface area contributed by atoms with Crippen molar-refractivity contribution >= 4 is 27.5 Å². The van der Waals surface area contributed by atoms with Gasteiger partial charge in [0.2, 0.25) is 0 Å². The number of halogens is 3. The van der Waals surface area contributed by atoms with Crippen molar-refractivity contribution < 1.29 is 4.39 Å². The molecule has 1 aromatic heterocycles. The van der Waals surface area contributed by atoms with Gasteiger partial charge in [0.25, 0.3) is 0 Å². The molecule has 0 saturated carbocycles. The maximum atomic E-state index is 12.6. The van der Waals surface area contributed by atoms with Crippen LogP contribution in [0.5, 0.6) is 0 Å². The van der Waals surface area contributed by atoms with Crippen LogP contribution in [0.4, 0.5) is 4.39 Å². The average molecular weight is 224 g/mol. The number of hydrogen-bond donors (Lipinski definition) is 0. The van der Waals surface area contributed by atoms with Crippen molar-refractivity contribution in [3.05, 3.63) is 28.2 Å². The van der Waals surface area contributed by atoms with E-state index in [1.165, 1.54) is 12.3 Å². The molecule has 1 heterocycles. The number of alkyl halides is 1. The highest BCUT2D eigenvalue weighted by molar-refractivity contribution is 9.10. The second-order valence-corrected chi connectivity index (χ2v) is 2.75. The Hall–Kier alpha value is -0.150. The van der Waals surface area contributed by atoms with Crippen molar-refractivity contribution in [3.8, 4) is 0 Å². The number of pyridine rings is 1. The molecular formula is C6H4BrClFN. The molecule has 0 radical (unpaired) electrons. The first kappa shape index (κ1) is 7.95. The third-order valence-corrected chi connectivity index (χ3v) is 2.13. The summed E-state index contributed by atoms with van der Waals surface area (Å²) in [5.41, 5.74) is 0.529. The summed E-state index contributed by atoms with van der Waals surface area (Å²) in [6.45, 7) is 0. The Morgan fingerprint density at radius 1 is 1.70 bits per heavy atom. The van der Waals surface area contributed by atoms with E-state index in [4.69, 9.17) is 11.6 Å². The van der Waals surface area contributed by atoms with Crippen molar-refractivity contribution in [2.75, 3.05) is 0 Å². The summed E-state index contributed by atoms with van der Waals surface area (Å²) < 4.78 is 13.0. The highest BCUT2D eigenvalue weighted by Gasteiger charge is 2.03.